The average molecular weight is 472 g/mol. The van der Waals surface area contributed by atoms with Crippen molar-refractivity contribution in [1.29, 1.82) is 0 Å². The van der Waals surface area contributed by atoms with Crippen LogP contribution in [-0.2, 0) is 14.8 Å². The van der Waals surface area contributed by atoms with Crippen LogP contribution in [0.15, 0.2) is 59.6 Å². The van der Waals surface area contributed by atoms with E-state index in [0.717, 1.165) is 24.5 Å². The lowest BCUT2D eigenvalue weighted by molar-refractivity contribution is 0.122. The number of aromatic nitrogens is 2. The van der Waals surface area contributed by atoms with Crippen molar-refractivity contribution in [2.24, 2.45) is 0 Å². The van der Waals surface area contributed by atoms with Crippen molar-refractivity contribution in [1.82, 2.24) is 10.2 Å². The third-order valence-corrected chi connectivity index (χ3v) is 6.47. The average Bonchev–Trinajstić information content (AvgIpc) is 2.85. The van der Waals surface area contributed by atoms with Gasteiger partial charge in [0.2, 0.25) is 0 Å². The fraction of sp³-hybridized carbons (Fsp3) is 0.273. The fourth-order valence-electron chi connectivity index (χ4n) is 3.38. The van der Waals surface area contributed by atoms with Gasteiger partial charge in [-0.15, -0.1) is 5.10 Å². The monoisotopic (exact) mass is 471 g/mol. The smallest absolute Gasteiger partial charge is 0.262 e. The standard InChI is InChI=1S/C22H25N5O5S/c1-30-20-8-7-19(14-21(20)31-2)33(28,29)26-17-5-3-16(4-6-17)24-22-13-18(15-23-25-22)27-9-11-32-12-10-27/h3-8,13-15,26H,9-12H2,1-2H3,(H,24,25). The number of nitrogens with one attached hydrogen (secondary N) is 2. The van der Waals surface area contributed by atoms with Gasteiger partial charge in [-0.25, -0.2) is 8.42 Å². The van der Waals surface area contributed by atoms with E-state index in [1.807, 2.05) is 6.07 Å². The zero-order chi connectivity index (χ0) is 23.3. The molecular weight excluding hydrogens is 446 g/mol. The Morgan fingerprint density at radius 2 is 1.64 bits per heavy atom. The second-order valence-corrected chi connectivity index (χ2v) is 8.91. The molecule has 4 rings (SSSR count). The number of benzene rings is 2. The van der Waals surface area contributed by atoms with Gasteiger partial charge < -0.3 is 24.4 Å². The normalized spacial score (nSPS) is 13.9. The van der Waals surface area contributed by atoms with Crippen molar-refractivity contribution in [3.8, 4) is 11.5 Å². The Labute approximate surface area is 192 Å². The molecule has 0 atom stereocenters. The van der Waals surface area contributed by atoms with E-state index in [1.165, 1.54) is 26.4 Å². The maximum atomic E-state index is 12.8. The van der Waals surface area contributed by atoms with Crippen LogP contribution in [0.5, 0.6) is 11.5 Å². The molecule has 0 radical (unpaired) electrons. The number of sulfonamides is 1. The molecule has 33 heavy (non-hydrogen) atoms. The van der Waals surface area contributed by atoms with Crippen LogP contribution >= 0.6 is 0 Å². The molecule has 2 N–H and O–H groups in total. The highest BCUT2D eigenvalue weighted by Gasteiger charge is 2.17. The Balaban J connectivity index is 1.44. The largest absolute Gasteiger partial charge is 0.493 e. The van der Waals surface area contributed by atoms with Gasteiger partial charge in [0.05, 0.1) is 44.2 Å². The van der Waals surface area contributed by atoms with Gasteiger partial charge in [-0.1, -0.05) is 0 Å². The molecule has 0 unspecified atom stereocenters. The van der Waals surface area contributed by atoms with Crippen LogP contribution in [0.2, 0.25) is 0 Å². The summed E-state index contributed by atoms with van der Waals surface area (Å²) in [6.45, 7) is 2.98. The first-order chi connectivity index (χ1) is 16.0. The molecule has 1 fully saturated rings. The van der Waals surface area contributed by atoms with Crippen molar-refractivity contribution >= 4 is 32.9 Å². The number of hydrogen-bond donors (Lipinski definition) is 2. The molecule has 0 saturated carbocycles. The van der Waals surface area contributed by atoms with Gasteiger partial charge in [-0.3, -0.25) is 4.72 Å². The van der Waals surface area contributed by atoms with Gasteiger partial charge in [0, 0.05) is 36.6 Å². The van der Waals surface area contributed by atoms with Crippen LogP contribution in [0, 0.1) is 0 Å². The first kappa shape index (κ1) is 22.6. The molecule has 1 aromatic heterocycles. The van der Waals surface area contributed by atoms with Crippen LogP contribution in [0.1, 0.15) is 0 Å². The fourth-order valence-corrected chi connectivity index (χ4v) is 4.45. The summed E-state index contributed by atoms with van der Waals surface area (Å²) in [6, 6.07) is 13.2. The first-order valence-corrected chi connectivity index (χ1v) is 11.7. The van der Waals surface area contributed by atoms with E-state index in [1.54, 1.807) is 36.5 Å². The second kappa shape index (κ2) is 9.92. The van der Waals surface area contributed by atoms with Gasteiger partial charge in [0.1, 0.15) is 0 Å². The van der Waals surface area contributed by atoms with Gasteiger partial charge in [0.25, 0.3) is 10.0 Å². The first-order valence-electron chi connectivity index (χ1n) is 10.3. The van der Waals surface area contributed by atoms with E-state index in [-0.39, 0.29) is 4.90 Å². The highest BCUT2D eigenvalue weighted by molar-refractivity contribution is 7.92. The lowest BCUT2D eigenvalue weighted by atomic mass is 10.3. The van der Waals surface area contributed by atoms with Gasteiger partial charge in [-0.2, -0.15) is 5.10 Å². The maximum Gasteiger partial charge on any atom is 0.262 e. The Bertz CT molecular complexity index is 1200. The van der Waals surface area contributed by atoms with Crippen LogP contribution in [0.3, 0.4) is 0 Å². The molecule has 174 valence electrons. The summed E-state index contributed by atoms with van der Waals surface area (Å²) in [7, 11) is -0.862. The highest BCUT2D eigenvalue weighted by Crippen LogP contribution is 2.30. The predicted octanol–water partition coefficient (Wildman–Crippen LogP) is 2.87. The number of morpholine rings is 1. The molecule has 1 aliphatic rings. The third-order valence-electron chi connectivity index (χ3n) is 5.09. The topological polar surface area (TPSA) is 115 Å². The highest BCUT2D eigenvalue weighted by atomic mass is 32.2. The molecule has 11 heteroatoms. The summed E-state index contributed by atoms with van der Waals surface area (Å²) >= 11 is 0. The molecule has 2 aromatic carbocycles. The lowest BCUT2D eigenvalue weighted by Crippen LogP contribution is -2.36. The summed E-state index contributed by atoms with van der Waals surface area (Å²) in [5.74, 6) is 1.38. The van der Waals surface area contributed by atoms with Crippen molar-refractivity contribution in [3.05, 3.63) is 54.7 Å². The molecule has 2 heterocycles. The Hall–Kier alpha value is -3.57. The third kappa shape index (κ3) is 5.44. The minimum absolute atomic E-state index is 0.0672. The Kier molecular flexibility index (Phi) is 6.80. The number of hydrogen-bond acceptors (Lipinski definition) is 9. The van der Waals surface area contributed by atoms with Crippen LogP contribution in [0.25, 0.3) is 0 Å². The van der Waals surface area contributed by atoms with Crippen LogP contribution in [0.4, 0.5) is 22.9 Å². The number of rotatable bonds is 8. The second-order valence-electron chi connectivity index (χ2n) is 7.22. The SMILES string of the molecule is COc1ccc(S(=O)(=O)Nc2ccc(Nc3cc(N4CCOCC4)cnn3)cc2)cc1OC. The molecule has 0 spiro atoms. The quantitative estimate of drug-likeness (QED) is 0.512. The molecule has 1 saturated heterocycles. The molecule has 0 amide bonds. The van der Waals surface area contributed by atoms with Crippen molar-refractivity contribution in [2.75, 3.05) is 55.5 Å². The van der Waals surface area contributed by atoms with Gasteiger partial charge in [-0.05, 0) is 36.4 Å². The van der Waals surface area contributed by atoms with Crippen molar-refractivity contribution in [2.45, 2.75) is 4.90 Å². The summed E-state index contributed by atoms with van der Waals surface area (Å²) in [6.07, 6.45) is 1.72. The number of ether oxygens (including phenoxy) is 3. The van der Waals surface area contributed by atoms with Crippen molar-refractivity contribution < 1.29 is 22.6 Å². The number of methoxy groups -OCH3 is 2. The maximum absolute atomic E-state index is 12.8. The zero-order valence-corrected chi connectivity index (χ0v) is 19.1. The van der Waals surface area contributed by atoms with Crippen LogP contribution < -0.4 is 24.4 Å². The summed E-state index contributed by atoms with van der Waals surface area (Å²) in [5.41, 5.74) is 2.14. The molecule has 1 aliphatic heterocycles. The zero-order valence-electron chi connectivity index (χ0n) is 18.3. The Morgan fingerprint density at radius 1 is 0.939 bits per heavy atom. The van der Waals surface area contributed by atoms with E-state index in [4.69, 9.17) is 14.2 Å². The van der Waals surface area contributed by atoms with Crippen molar-refractivity contribution in [3.63, 3.8) is 0 Å². The predicted molar refractivity (Wildman–Crippen MR) is 125 cm³/mol. The Morgan fingerprint density at radius 3 is 2.33 bits per heavy atom. The molecule has 3 aromatic rings. The van der Waals surface area contributed by atoms with E-state index in [9.17, 15) is 8.42 Å². The summed E-state index contributed by atoms with van der Waals surface area (Å²) < 4.78 is 43.9. The molecule has 0 aliphatic carbocycles. The van der Waals surface area contributed by atoms with E-state index >= 15 is 0 Å². The van der Waals surface area contributed by atoms with E-state index in [2.05, 4.69) is 25.1 Å². The van der Waals surface area contributed by atoms with Gasteiger partial charge in [0.15, 0.2) is 17.3 Å². The number of nitrogens with zero attached hydrogens (tertiary/aromatic N) is 3. The summed E-state index contributed by atoms with van der Waals surface area (Å²) in [4.78, 5) is 2.26. The van der Waals surface area contributed by atoms with E-state index < -0.39 is 10.0 Å². The minimum atomic E-state index is -3.80. The molecule has 10 nitrogen and oxygen atoms in total. The summed E-state index contributed by atoms with van der Waals surface area (Å²) in [5, 5.41) is 11.4. The number of anilines is 4. The van der Waals surface area contributed by atoms with Gasteiger partial charge >= 0.3 is 0 Å². The van der Waals surface area contributed by atoms with E-state index in [0.29, 0.717) is 36.2 Å². The minimum Gasteiger partial charge on any atom is -0.493 e. The van der Waals surface area contributed by atoms with Crippen LogP contribution in [-0.4, -0.2) is 59.1 Å². The molecular formula is C22H25N5O5S. The molecule has 0 bridgehead atoms. The lowest BCUT2D eigenvalue weighted by Gasteiger charge is -2.28.